The van der Waals surface area contributed by atoms with Crippen molar-refractivity contribution in [3.8, 4) is 22.3 Å². The summed E-state index contributed by atoms with van der Waals surface area (Å²) in [6.07, 6.45) is 7.16. The average molecular weight is 981 g/mol. The normalized spacial score (nSPS) is 17.9. The van der Waals surface area contributed by atoms with Crippen molar-refractivity contribution in [2.75, 3.05) is 0 Å². The molecule has 0 saturated heterocycles. The van der Waals surface area contributed by atoms with E-state index in [0.717, 1.165) is 17.8 Å². The molecule has 4 atom stereocenters. The van der Waals surface area contributed by atoms with Crippen LogP contribution in [-0.4, -0.2) is 25.6 Å². The van der Waals surface area contributed by atoms with Crippen molar-refractivity contribution < 1.29 is 16.2 Å². The molecule has 6 aromatic carbocycles. The van der Waals surface area contributed by atoms with Gasteiger partial charge in [0, 0.05) is 0 Å². The van der Waals surface area contributed by atoms with Gasteiger partial charge in [0.2, 0.25) is 0 Å². The SMILES string of the molecule is CCC(C)c1ccccc1-c1cccc2c1C=C(c1ccccc1)[CH]2[Zr]([Cl])([Cl])([BH]N([Si](C)(C)C)[Si](C)(C)C)[CH]1C(c2ccccc2)=Cc2c(-c3ccccc3C(C)CC)cccc21. The first-order chi connectivity index (χ1) is 30.0. The van der Waals surface area contributed by atoms with Crippen molar-refractivity contribution in [1.29, 1.82) is 0 Å². The van der Waals surface area contributed by atoms with Crippen LogP contribution in [0.1, 0.15) is 104 Å². The Hall–Kier alpha value is -3.28. The monoisotopic (exact) mass is 978 g/mol. The fourth-order valence-corrected chi connectivity index (χ4v) is 52.5. The van der Waals surface area contributed by atoms with Crippen molar-refractivity contribution in [3.05, 3.63) is 190 Å². The molecule has 323 valence electrons. The van der Waals surface area contributed by atoms with Gasteiger partial charge in [-0.05, 0) is 0 Å². The van der Waals surface area contributed by atoms with Crippen LogP contribution in [0.2, 0.25) is 39.3 Å². The van der Waals surface area contributed by atoms with Gasteiger partial charge in [0.05, 0.1) is 0 Å². The molecule has 0 radical (unpaired) electrons. The third kappa shape index (κ3) is 8.54. The zero-order valence-corrected chi connectivity index (χ0v) is 45.1. The fourth-order valence-electron chi connectivity index (χ4n) is 11.2. The second kappa shape index (κ2) is 17.8. The summed E-state index contributed by atoms with van der Waals surface area (Å²) in [6.45, 7) is 24.4. The number of halogens is 2. The van der Waals surface area contributed by atoms with E-state index in [1.807, 2.05) is 0 Å². The predicted molar refractivity (Wildman–Crippen MR) is 283 cm³/mol. The molecule has 0 aliphatic heterocycles. The molecular weight excluding hydrogens is 916 g/mol. The fraction of sp³-hybridized carbons (Fsp3) is 0.286. The van der Waals surface area contributed by atoms with Crippen LogP contribution in [0.3, 0.4) is 0 Å². The molecule has 0 aromatic heterocycles. The maximum atomic E-state index is 9.46. The molecule has 0 fully saturated rings. The Morgan fingerprint density at radius 2 is 0.841 bits per heavy atom. The molecule has 7 heteroatoms. The zero-order chi connectivity index (χ0) is 44.9. The molecule has 8 rings (SSSR count). The first-order valence-corrected chi connectivity index (χ1v) is 41.1. The van der Waals surface area contributed by atoms with E-state index in [9.17, 15) is 17.0 Å². The first kappa shape index (κ1) is 46.3. The van der Waals surface area contributed by atoms with Crippen molar-refractivity contribution in [2.45, 2.75) is 98.9 Å². The van der Waals surface area contributed by atoms with Gasteiger partial charge < -0.3 is 0 Å². The zero-order valence-electron chi connectivity index (χ0n) is 39.1. The molecule has 1 nitrogen and oxygen atoms in total. The third-order valence-corrected chi connectivity index (χ3v) is 41.2. The molecular formula is C56H65BCl2NSi2Zr. The first-order valence-electron chi connectivity index (χ1n) is 23.3. The number of rotatable bonds is 14. The van der Waals surface area contributed by atoms with E-state index in [1.165, 1.54) is 77.9 Å². The number of allylic oxidation sites excluding steroid dienone is 2. The third-order valence-electron chi connectivity index (χ3n) is 14.4. The minimum absolute atomic E-state index is 0.183. The Labute approximate surface area is 390 Å². The van der Waals surface area contributed by atoms with E-state index in [1.54, 1.807) is 0 Å². The van der Waals surface area contributed by atoms with Crippen LogP contribution < -0.4 is 0 Å². The summed E-state index contributed by atoms with van der Waals surface area (Å²) in [5.74, 6) is 0.848. The van der Waals surface area contributed by atoms with Gasteiger partial charge in [0.15, 0.2) is 0 Å². The number of hydrogen-bond acceptors (Lipinski definition) is 1. The number of benzene rings is 6. The number of fused-ring (bicyclic) bond motifs is 2. The van der Waals surface area contributed by atoms with Crippen LogP contribution in [-0.2, 0) is 16.2 Å². The minimum atomic E-state index is -5.67. The number of nitrogens with zero attached hydrogens (tertiary/aromatic N) is 1. The van der Waals surface area contributed by atoms with Gasteiger partial charge in [-0.25, -0.2) is 0 Å². The van der Waals surface area contributed by atoms with Gasteiger partial charge in [-0.15, -0.1) is 0 Å². The molecule has 2 aliphatic rings. The Kier molecular flexibility index (Phi) is 13.1. The van der Waals surface area contributed by atoms with E-state index in [0.29, 0.717) is 11.8 Å². The summed E-state index contributed by atoms with van der Waals surface area (Å²) in [5, 5.41) is 0. The molecule has 0 spiro atoms. The van der Waals surface area contributed by atoms with Crippen molar-refractivity contribution >= 4 is 61.7 Å². The number of hydrogen-bond donors (Lipinski definition) is 0. The molecule has 6 aromatic rings. The quantitative estimate of drug-likeness (QED) is 0.0983. The second-order valence-electron chi connectivity index (χ2n) is 20.5. The van der Waals surface area contributed by atoms with Crippen LogP contribution in [0.4, 0.5) is 0 Å². The Morgan fingerprint density at radius 1 is 0.492 bits per heavy atom. The van der Waals surface area contributed by atoms with Crippen LogP contribution >= 0.6 is 17.0 Å². The molecule has 0 N–H and O–H groups in total. The van der Waals surface area contributed by atoms with Crippen LogP contribution in [0.15, 0.2) is 146 Å². The Bertz CT molecular complexity index is 2520. The van der Waals surface area contributed by atoms with Crippen LogP contribution in [0, 0.1) is 0 Å². The summed E-state index contributed by atoms with van der Waals surface area (Å²) < 4.78 is 2.56. The summed E-state index contributed by atoms with van der Waals surface area (Å²) >= 11 is -5.67. The van der Waals surface area contributed by atoms with Gasteiger partial charge in [0.25, 0.3) is 0 Å². The standard InChI is InChI=1S/2C25H23.C6H19BNSi2.2ClH.Zr/c2*1-3-18(2)22-13-7-8-14-23(22)24-15-9-12-20-16-21(17-25(20)24)19-10-5-4-6-11-19;1-9(2,3)8(7)10(4,5)6;;;/h2*4-18H,3H2,1-2H3;7H,1-6H3;2*1H;/q;;+1;;;+1/p-2. The summed E-state index contributed by atoms with van der Waals surface area (Å²) in [5.41, 5.74) is 18.0. The van der Waals surface area contributed by atoms with E-state index in [4.69, 9.17) is 0 Å². The van der Waals surface area contributed by atoms with Crippen molar-refractivity contribution in [2.24, 2.45) is 0 Å². The van der Waals surface area contributed by atoms with Gasteiger partial charge in [-0.3, -0.25) is 0 Å². The van der Waals surface area contributed by atoms with Gasteiger partial charge >= 0.3 is 393 Å². The Morgan fingerprint density at radius 3 is 1.21 bits per heavy atom. The predicted octanol–water partition coefficient (Wildman–Crippen LogP) is 17.2. The molecule has 4 unspecified atom stereocenters. The second-order valence-corrected chi connectivity index (χ2v) is 52.7. The maximum absolute atomic E-state index is 9.46. The average Bonchev–Trinajstić information content (AvgIpc) is 3.89. The molecule has 2 aliphatic carbocycles. The van der Waals surface area contributed by atoms with Crippen LogP contribution in [0.25, 0.3) is 45.6 Å². The molecule has 63 heavy (non-hydrogen) atoms. The van der Waals surface area contributed by atoms with Crippen LogP contribution in [0.5, 0.6) is 0 Å². The van der Waals surface area contributed by atoms with E-state index < -0.39 is 32.6 Å². The van der Waals surface area contributed by atoms with Crippen molar-refractivity contribution in [3.63, 3.8) is 0 Å². The van der Waals surface area contributed by atoms with Gasteiger partial charge in [0.1, 0.15) is 0 Å². The van der Waals surface area contributed by atoms with E-state index in [2.05, 4.69) is 229 Å². The van der Waals surface area contributed by atoms with E-state index in [-0.39, 0.29) is 7.25 Å². The van der Waals surface area contributed by atoms with E-state index >= 15 is 0 Å². The summed E-state index contributed by atoms with van der Waals surface area (Å²) in [7, 11) is 14.9. The molecule has 0 amide bonds. The van der Waals surface area contributed by atoms with Gasteiger partial charge in [-0.1, -0.05) is 0 Å². The topological polar surface area (TPSA) is 3.24 Å². The molecule has 0 bridgehead atoms. The Balaban J connectivity index is 1.49. The molecule has 0 heterocycles. The summed E-state index contributed by atoms with van der Waals surface area (Å²) in [4.78, 5) is 0.722. The van der Waals surface area contributed by atoms with Gasteiger partial charge in [-0.2, -0.15) is 0 Å². The molecule has 0 saturated carbocycles. The summed E-state index contributed by atoms with van der Waals surface area (Å²) in [6, 6.07) is 54.2. The van der Waals surface area contributed by atoms with Crippen molar-refractivity contribution in [1.82, 2.24) is 4.14 Å².